The van der Waals surface area contributed by atoms with Crippen molar-refractivity contribution in [3.63, 3.8) is 0 Å². The Morgan fingerprint density at radius 2 is 1.91 bits per heavy atom. The van der Waals surface area contributed by atoms with Crippen LogP contribution in [-0.4, -0.2) is 10.9 Å². The molecule has 4 nitrogen and oxygen atoms in total. The topological polar surface area (TPSA) is 55.1 Å². The summed E-state index contributed by atoms with van der Waals surface area (Å²) in [5.74, 6) is 1.47. The van der Waals surface area contributed by atoms with Gasteiger partial charge >= 0.3 is 0 Å². The van der Waals surface area contributed by atoms with Crippen LogP contribution >= 0.6 is 0 Å². The van der Waals surface area contributed by atoms with Gasteiger partial charge in [0.2, 0.25) is 0 Å². The molecule has 2 aromatic heterocycles. The van der Waals surface area contributed by atoms with E-state index in [0.717, 1.165) is 33.7 Å². The number of aromatic nitrogens is 1. The van der Waals surface area contributed by atoms with Crippen molar-refractivity contribution in [2.24, 2.45) is 0 Å². The molecule has 4 heteroatoms. The molecule has 3 rings (SSSR count). The Morgan fingerprint density at radius 1 is 1.13 bits per heavy atom. The van der Waals surface area contributed by atoms with E-state index < -0.39 is 0 Å². The fraction of sp³-hybridized carbons (Fsp3) is 0.263. The number of carbonyl (C=O) groups excluding carboxylic acids is 1. The van der Waals surface area contributed by atoms with Crippen LogP contribution in [0.3, 0.4) is 0 Å². The summed E-state index contributed by atoms with van der Waals surface area (Å²) >= 11 is 0. The molecule has 3 aromatic rings. The lowest BCUT2D eigenvalue weighted by Gasteiger charge is -2.13. The van der Waals surface area contributed by atoms with Gasteiger partial charge in [0, 0.05) is 11.1 Å². The van der Waals surface area contributed by atoms with Gasteiger partial charge in [-0.1, -0.05) is 11.6 Å². The van der Waals surface area contributed by atoms with E-state index in [1.54, 1.807) is 0 Å². The smallest absolute Gasteiger partial charge is 0.252 e. The predicted octanol–water partition coefficient (Wildman–Crippen LogP) is 4.24. The van der Waals surface area contributed by atoms with Crippen LogP contribution in [0.4, 0.5) is 0 Å². The summed E-state index contributed by atoms with van der Waals surface area (Å²) in [5.41, 5.74) is 3.41. The molecule has 1 N–H and O–H groups in total. The highest BCUT2D eigenvalue weighted by molar-refractivity contribution is 6.06. The Balaban J connectivity index is 1.95. The maximum Gasteiger partial charge on any atom is 0.252 e. The van der Waals surface area contributed by atoms with E-state index in [0.29, 0.717) is 5.56 Å². The number of aryl methyl sites for hydroxylation is 3. The summed E-state index contributed by atoms with van der Waals surface area (Å²) in [6, 6.07) is 11.4. The first kappa shape index (κ1) is 15.3. The average molecular weight is 308 g/mol. The van der Waals surface area contributed by atoms with Crippen molar-refractivity contribution in [1.29, 1.82) is 0 Å². The van der Waals surface area contributed by atoms with E-state index in [1.165, 1.54) is 0 Å². The standard InChI is InChI=1S/C19H20N2O2/c1-11-5-7-17-15(9-11)16(10-12(2)20-17)19(22)21-14(4)18-8-6-13(3)23-18/h5-10,14H,1-4H3,(H,21,22). The second kappa shape index (κ2) is 5.88. The number of carbonyl (C=O) groups is 1. The fourth-order valence-electron chi connectivity index (χ4n) is 2.69. The van der Waals surface area contributed by atoms with Crippen LogP contribution < -0.4 is 5.32 Å². The van der Waals surface area contributed by atoms with Crippen LogP contribution in [0.1, 0.15) is 46.1 Å². The Hall–Kier alpha value is -2.62. The molecule has 23 heavy (non-hydrogen) atoms. The molecular weight excluding hydrogens is 288 g/mol. The van der Waals surface area contributed by atoms with Gasteiger partial charge in [-0.05, 0) is 58.0 Å². The third kappa shape index (κ3) is 3.11. The van der Waals surface area contributed by atoms with Crippen molar-refractivity contribution in [3.8, 4) is 0 Å². The molecule has 0 aliphatic carbocycles. The third-order valence-electron chi connectivity index (χ3n) is 3.87. The van der Waals surface area contributed by atoms with Crippen molar-refractivity contribution in [2.75, 3.05) is 0 Å². The van der Waals surface area contributed by atoms with Gasteiger partial charge < -0.3 is 9.73 Å². The average Bonchev–Trinajstić information content (AvgIpc) is 2.93. The van der Waals surface area contributed by atoms with Gasteiger partial charge in [-0.15, -0.1) is 0 Å². The van der Waals surface area contributed by atoms with E-state index in [-0.39, 0.29) is 11.9 Å². The zero-order valence-corrected chi connectivity index (χ0v) is 13.8. The van der Waals surface area contributed by atoms with Gasteiger partial charge in [-0.25, -0.2) is 0 Å². The number of pyridine rings is 1. The number of nitrogens with one attached hydrogen (secondary N) is 1. The largest absolute Gasteiger partial charge is 0.464 e. The first-order valence-corrected chi connectivity index (χ1v) is 7.69. The second-order valence-corrected chi connectivity index (χ2v) is 5.98. The van der Waals surface area contributed by atoms with Crippen LogP contribution in [0.25, 0.3) is 10.9 Å². The molecule has 0 spiro atoms. The molecule has 0 saturated carbocycles. The lowest BCUT2D eigenvalue weighted by Crippen LogP contribution is -2.26. The Morgan fingerprint density at radius 3 is 2.61 bits per heavy atom. The van der Waals surface area contributed by atoms with Crippen molar-refractivity contribution in [2.45, 2.75) is 33.7 Å². The maximum absolute atomic E-state index is 12.7. The minimum Gasteiger partial charge on any atom is -0.464 e. The van der Waals surface area contributed by atoms with Crippen LogP contribution in [-0.2, 0) is 0 Å². The van der Waals surface area contributed by atoms with E-state index in [9.17, 15) is 4.79 Å². The number of amides is 1. The number of hydrogen-bond donors (Lipinski definition) is 1. The third-order valence-corrected chi connectivity index (χ3v) is 3.87. The molecule has 0 saturated heterocycles. The minimum atomic E-state index is -0.190. The van der Waals surface area contributed by atoms with Crippen molar-refractivity contribution in [1.82, 2.24) is 10.3 Å². The lowest BCUT2D eigenvalue weighted by molar-refractivity contribution is 0.0936. The molecular formula is C19H20N2O2. The number of nitrogens with zero attached hydrogens (tertiary/aromatic N) is 1. The highest BCUT2D eigenvalue weighted by atomic mass is 16.3. The molecule has 0 radical (unpaired) electrons. The first-order chi connectivity index (χ1) is 10.9. The summed E-state index contributed by atoms with van der Waals surface area (Å²) in [5, 5.41) is 3.88. The number of hydrogen-bond acceptors (Lipinski definition) is 3. The Labute approximate surface area is 135 Å². The molecule has 2 heterocycles. The second-order valence-electron chi connectivity index (χ2n) is 5.98. The highest BCUT2D eigenvalue weighted by Gasteiger charge is 2.17. The van der Waals surface area contributed by atoms with Gasteiger partial charge in [0.15, 0.2) is 0 Å². The summed E-state index contributed by atoms with van der Waals surface area (Å²) in [7, 11) is 0. The predicted molar refractivity (Wildman–Crippen MR) is 90.5 cm³/mol. The molecule has 0 fully saturated rings. The number of furan rings is 1. The van der Waals surface area contributed by atoms with E-state index in [4.69, 9.17) is 4.42 Å². The molecule has 0 aliphatic rings. The zero-order chi connectivity index (χ0) is 16.6. The van der Waals surface area contributed by atoms with Crippen molar-refractivity contribution < 1.29 is 9.21 Å². The van der Waals surface area contributed by atoms with Gasteiger partial charge in [0.1, 0.15) is 11.5 Å². The maximum atomic E-state index is 12.7. The summed E-state index contributed by atoms with van der Waals surface area (Å²) in [6.07, 6.45) is 0. The number of fused-ring (bicyclic) bond motifs is 1. The molecule has 0 bridgehead atoms. The minimum absolute atomic E-state index is 0.118. The molecule has 118 valence electrons. The quantitative estimate of drug-likeness (QED) is 0.787. The molecule has 1 aromatic carbocycles. The van der Waals surface area contributed by atoms with Crippen LogP contribution in [0.15, 0.2) is 40.8 Å². The summed E-state index contributed by atoms with van der Waals surface area (Å²) in [4.78, 5) is 17.2. The molecule has 1 atom stereocenters. The SMILES string of the molecule is Cc1ccc2nc(C)cc(C(=O)NC(C)c3ccc(C)o3)c2c1. The van der Waals surface area contributed by atoms with E-state index >= 15 is 0 Å². The zero-order valence-electron chi connectivity index (χ0n) is 13.8. The summed E-state index contributed by atoms with van der Waals surface area (Å²) in [6.45, 7) is 7.71. The lowest BCUT2D eigenvalue weighted by atomic mass is 10.0. The van der Waals surface area contributed by atoms with Crippen LogP contribution in [0, 0.1) is 20.8 Å². The van der Waals surface area contributed by atoms with Crippen LogP contribution in [0.2, 0.25) is 0 Å². The van der Waals surface area contributed by atoms with Crippen molar-refractivity contribution in [3.05, 3.63) is 64.7 Å². The van der Waals surface area contributed by atoms with E-state index in [1.807, 2.05) is 64.1 Å². The number of rotatable bonds is 3. The fourth-order valence-corrected chi connectivity index (χ4v) is 2.69. The highest BCUT2D eigenvalue weighted by Crippen LogP contribution is 2.22. The number of benzene rings is 1. The monoisotopic (exact) mass is 308 g/mol. The van der Waals surface area contributed by atoms with Gasteiger partial charge in [0.05, 0.1) is 17.1 Å². The van der Waals surface area contributed by atoms with Crippen molar-refractivity contribution >= 4 is 16.8 Å². The van der Waals surface area contributed by atoms with Gasteiger partial charge in [-0.3, -0.25) is 9.78 Å². The van der Waals surface area contributed by atoms with Crippen LogP contribution in [0.5, 0.6) is 0 Å². The van der Waals surface area contributed by atoms with Gasteiger partial charge in [-0.2, -0.15) is 0 Å². The Kier molecular flexibility index (Phi) is 3.90. The molecule has 0 aliphatic heterocycles. The summed E-state index contributed by atoms with van der Waals surface area (Å²) < 4.78 is 5.59. The molecule has 1 unspecified atom stereocenters. The van der Waals surface area contributed by atoms with Gasteiger partial charge in [0.25, 0.3) is 5.91 Å². The normalized spacial score (nSPS) is 12.3. The first-order valence-electron chi connectivity index (χ1n) is 7.69. The molecule has 1 amide bonds. The Bertz CT molecular complexity index is 880. The van der Waals surface area contributed by atoms with E-state index in [2.05, 4.69) is 10.3 Å².